The number of carbonyl (C=O) groups is 3. The zero-order chi connectivity index (χ0) is 22.7. The first-order chi connectivity index (χ1) is 15.4. The number of hydrogen-bond acceptors (Lipinski definition) is 4. The van der Waals surface area contributed by atoms with Crippen molar-refractivity contribution < 1.29 is 19.1 Å². The number of imide groups is 1. The maximum atomic E-state index is 13.0. The second-order valence-electron chi connectivity index (χ2n) is 8.10. The maximum absolute atomic E-state index is 13.0. The number of urea groups is 1. The summed E-state index contributed by atoms with van der Waals surface area (Å²) >= 11 is 0. The second kappa shape index (κ2) is 8.74. The van der Waals surface area contributed by atoms with Crippen LogP contribution in [0.4, 0.5) is 4.79 Å². The zero-order valence-electron chi connectivity index (χ0n) is 18.1. The summed E-state index contributed by atoms with van der Waals surface area (Å²) in [5, 5.41) is 6.65. The number of methoxy groups -OCH3 is 1. The van der Waals surface area contributed by atoms with Crippen LogP contribution in [0.15, 0.2) is 54.7 Å². The number of carbonyl (C=O) groups excluding carboxylic acids is 3. The van der Waals surface area contributed by atoms with Gasteiger partial charge < -0.3 is 20.4 Å². The van der Waals surface area contributed by atoms with E-state index in [0.29, 0.717) is 18.7 Å². The van der Waals surface area contributed by atoms with E-state index in [2.05, 4.69) is 15.6 Å². The number of fused-ring (bicyclic) bond motifs is 1. The van der Waals surface area contributed by atoms with Gasteiger partial charge in [0.25, 0.3) is 5.91 Å². The summed E-state index contributed by atoms with van der Waals surface area (Å²) in [5.74, 6) is -0.167. The van der Waals surface area contributed by atoms with Crippen LogP contribution in [0.3, 0.4) is 0 Å². The lowest BCUT2D eigenvalue weighted by Crippen LogP contribution is -2.47. The highest BCUT2D eigenvalue weighted by molar-refractivity contribution is 6.09. The van der Waals surface area contributed by atoms with Gasteiger partial charge in [-0.2, -0.15) is 0 Å². The van der Waals surface area contributed by atoms with Gasteiger partial charge in [-0.1, -0.05) is 36.4 Å². The summed E-state index contributed by atoms with van der Waals surface area (Å²) in [4.78, 5) is 42.1. The first kappa shape index (κ1) is 21.4. The normalized spacial score (nSPS) is 18.1. The summed E-state index contributed by atoms with van der Waals surface area (Å²) in [6.45, 7) is 1.75. The van der Waals surface area contributed by atoms with Crippen molar-refractivity contribution in [1.29, 1.82) is 0 Å². The van der Waals surface area contributed by atoms with Crippen molar-refractivity contribution in [3.8, 4) is 5.75 Å². The van der Waals surface area contributed by atoms with Gasteiger partial charge in [-0.15, -0.1) is 0 Å². The third-order valence-electron chi connectivity index (χ3n) is 5.77. The fraction of sp³-hybridized carbons (Fsp3) is 0.292. The number of aromatic nitrogens is 1. The van der Waals surface area contributed by atoms with Gasteiger partial charge in [0.2, 0.25) is 5.91 Å². The molecule has 0 aliphatic carbocycles. The van der Waals surface area contributed by atoms with E-state index in [1.165, 1.54) is 0 Å². The Kier molecular flexibility index (Phi) is 5.85. The second-order valence-corrected chi connectivity index (χ2v) is 8.10. The molecule has 0 bridgehead atoms. The van der Waals surface area contributed by atoms with Crippen molar-refractivity contribution in [3.05, 3.63) is 65.9 Å². The number of para-hydroxylation sites is 2. The van der Waals surface area contributed by atoms with Crippen molar-refractivity contribution >= 4 is 28.7 Å². The maximum Gasteiger partial charge on any atom is 0.325 e. The molecule has 4 rings (SSSR count). The van der Waals surface area contributed by atoms with E-state index in [0.717, 1.165) is 26.9 Å². The minimum atomic E-state index is -1.14. The summed E-state index contributed by atoms with van der Waals surface area (Å²) in [6.07, 6.45) is 2.83. The van der Waals surface area contributed by atoms with Gasteiger partial charge in [-0.05, 0) is 36.6 Å². The molecule has 3 N–H and O–H groups in total. The van der Waals surface area contributed by atoms with Crippen LogP contribution in [-0.2, 0) is 22.4 Å². The minimum Gasteiger partial charge on any atom is -0.496 e. The van der Waals surface area contributed by atoms with Crippen LogP contribution in [0.5, 0.6) is 5.75 Å². The topological polar surface area (TPSA) is 104 Å². The Morgan fingerprint density at radius 3 is 2.66 bits per heavy atom. The average molecular weight is 434 g/mol. The van der Waals surface area contributed by atoms with Gasteiger partial charge in [0, 0.05) is 30.1 Å². The molecule has 1 fully saturated rings. The number of nitrogens with one attached hydrogen (secondary N) is 3. The molecule has 1 aliphatic rings. The molecule has 8 nitrogen and oxygen atoms in total. The summed E-state index contributed by atoms with van der Waals surface area (Å²) in [7, 11) is 1.56. The van der Waals surface area contributed by atoms with Crippen LogP contribution >= 0.6 is 0 Å². The molecule has 1 aromatic heterocycles. The van der Waals surface area contributed by atoms with Gasteiger partial charge in [0.15, 0.2) is 0 Å². The third-order valence-corrected chi connectivity index (χ3v) is 5.77. The standard InChI is InChI=1S/C24H26N4O4/c1-24(13-16-7-3-6-10-20(16)32-2)22(30)28(23(31)27-24)15-21(29)25-12-11-17-14-26-19-9-5-4-8-18(17)19/h3-10,14,26H,11-13,15H2,1-2H3,(H,25,29)(H,27,31)/t24-/m1/s1. The molecule has 1 aliphatic heterocycles. The Labute approximate surface area is 185 Å². The number of rotatable bonds is 8. The first-order valence-corrected chi connectivity index (χ1v) is 10.5. The molecule has 4 amide bonds. The lowest BCUT2D eigenvalue weighted by atomic mass is 9.92. The van der Waals surface area contributed by atoms with Crippen molar-refractivity contribution in [3.63, 3.8) is 0 Å². The summed E-state index contributed by atoms with van der Waals surface area (Å²) in [6, 6.07) is 14.7. The number of ether oxygens (including phenoxy) is 1. The molecule has 2 aromatic carbocycles. The van der Waals surface area contributed by atoms with Crippen LogP contribution in [0.1, 0.15) is 18.1 Å². The van der Waals surface area contributed by atoms with Crippen molar-refractivity contribution in [1.82, 2.24) is 20.5 Å². The molecule has 1 saturated heterocycles. The summed E-state index contributed by atoms with van der Waals surface area (Å²) in [5.41, 5.74) is 1.80. The van der Waals surface area contributed by atoms with E-state index in [1.807, 2.05) is 48.7 Å². The number of aromatic amines is 1. The smallest absolute Gasteiger partial charge is 0.325 e. The van der Waals surface area contributed by atoms with E-state index in [9.17, 15) is 14.4 Å². The quantitative estimate of drug-likeness (QED) is 0.474. The van der Waals surface area contributed by atoms with Crippen LogP contribution in [0.2, 0.25) is 0 Å². The van der Waals surface area contributed by atoms with Gasteiger partial charge in [-0.25, -0.2) is 4.79 Å². The SMILES string of the molecule is COc1ccccc1C[C@@]1(C)NC(=O)N(CC(=O)NCCc2c[nH]c3ccccc23)C1=O. The fourth-order valence-corrected chi connectivity index (χ4v) is 4.11. The lowest BCUT2D eigenvalue weighted by molar-refractivity contribution is -0.134. The van der Waals surface area contributed by atoms with Crippen LogP contribution in [0, 0.1) is 0 Å². The average Bonchev–Trinajstić information content (AvgIpc) is 3.28. The van der Waals surface area contributed by atoms with E-state index < -0.39 is 17.5 Å². The number of nitrogens with zero attached hydrogens (tertiary/aromatic N) is 1. The molecule has 3 aromatic rings. The van der Waals surface area contributed by atoms with Gasteiger partial charge >= 0.3 is 6.03 Å². The fourth-order valence-electron chi connectivity index (χ4n) is 4.11. The van der Waals surface area contributed by atoms with Gasteiger partial charge in [0.1, 0.15) is 17.8 Å². The molecule has 32 heavy (non-hydrogen) atoms. The summed E-state index contributed by atoms with van der Waals surface area (Å²) < 4.78 is 5.35. The Balaban J connectivity index is 1.35. The van der Waals surface area contributed by atoms with E-state index >= 15 is 0 Å². The van der Waals surface area contributed by atoms with Crippen molar-refractivity contribution in [2.45, 2.75) is 25.3 Å². The zero-order valence-corrected chi connectivity index (χ0v) is 18.1. The number of hydrogen-bond donors (Lipinski definition) is 3. The number of benzene rings is 2. The Morgan fingerprint density at radius 2 is 1.84 bits per heavy atom. The molecule has 166 valence electrons. The Morgan fingerprint density at radius 1 is 1.09 bits per heavy atom. The highest BCUT2D eigenvalue weighted by Crippen LogP contribution is 2.27. The predicted molar refractivity (Wildman–Crippen MR) is 120 cm³/mol. The molecule has 1 atom stereocenters. The molecule has 8 heteroatoms. The molecule has 2 heterocycles. The highest BCUT2D eigenvalue weighted by atomic mass is 16.5. The molecule has 0 unspecified atom stereocenters. The number of amides is 4. The molecular formula is C24H26N4O4. The van der Waals surface area contributed by atoms with Gasteiger partial charge in [0.05, 0.1) is 7.11 Å². The van der Waals surface area contributed by atoms with Crippen LogP contribution in [-0.4, -0.2) is 53.5 Å². The number of H-pyrrole nitrogens is 1. The Hall–Kier alpha value is -3.81. The monoisotopic (exact) mass is 434 g/mol. The molecule has 0 spiro atoms. The third kappa shape index (κ3) is 4.16. The van der Waals surface area contributed by atoms with Gasteiger partial charge in [-0.3, -0.25) is 14.5 Å². The van der Waals surface area contributed by atoms with E-state index in [4.69, 9.17) is 4.74 Å². The largest absolute Gasteiger partial charge is 0.496 e. The van der Waals surface area contributed by atoms with E-state index in [-0.39, 0.29) is 18.9 Å². The van der Waals surface area contributed by atoms with Crippen molar-refractivity contribution in [2.75, 3.05) is 20.2 Å². The Bertz CT molecular complexity index is 1170. The van der Waals surface area contributed by atoms with Crippen LogP contribution < -0.4 is 15.4 Å². The first-order valence-electron chi connectivity index (χ1n) is 10.5. The predicted octanol–water partition coefficient (Wildman–Crippen LogP) is 2.39. The highest BCUT2D eigenvalue weighted by Gasteiger charge is 2.48. The molecule has 0 saturated carbocycles. The van der Waals surface area contributed by atoms with Crippen LogP contribution in [0.25, 0.3) is 10.9 Å². The molecule has 0 radical (unpaired) electrons. The van der Waals surface area contributed by atoms with Crippen molar-refractivity contribution in [2.24, 2.45) is 0 Å². The molecular weight excluding hydrogens is 408 g/mol. The lowest BCUT2D eigenvalue weighted by Gasteiger charge is -2.22. The minimum absolute atomic E-state index is 0.264. The van der Waals surface area contributed by atoms with E-state index in [1.54, 1.807) is 20.1 Å².